The molecule has 43 heavy (non-hydrogen) atoms. The molecule has 5 rings (SSSR count). The largest absolute Gasteiger partial charge is 0.379 e. The van der Waals surface area contributed by atoms with Gasteiger partial charge in [0.1, 0.15) is 5.69 Å². The first kappa shape index (κ1) is 30.3. The second-order valence-corrected chi connectivity index (χ2v) is 13.3. The summed E-state index contributed by atoms with van der Waals surface area (Å²) in [6.07, 6.45) is 10.1. The lowest BCUT2D eigenvalue weighted by Crippen LogP contribution is -2.30. The molecule has 0 aliphatic heterocycles. The van der Waals surface area contributed by atoms with Gasteiger partial charge >= 0.3 is 0 Å². The second kappa shape index (κ2) is 13.9. The first-order valence-electron chi connectivity index (χ1n) is 14.2. The van der Waals surface area contributed by atoms with E-state index in [0.717, 1.165) is 28.6 Å². The van der Waals surface area contributed by atoms with E-state index in [1.54, 1.807) is 42.2 Å². The van der Waals surface area contributed by atoms with Gasteiger partial charge in [0.15, 0.2) is 0 Å². The minimum Gasteiger partial charge on any atom is -0.379 e. The van der Waals surface area contributed by atoms with Crippen molar-refractivity contribution in [1.29, 1.82) is 0 Å². The molecule has 0 spiro atoms. The van der Waals surface area contributed by atoms with Gasteiger partial charge in [0, 0.05) is 47.1 Å². The SMILES string of the molecule is O=C(NS(=O)(=O)c1ccc(NCCSc2ccccc2)c([N+](=O)[O-])c1)c1ccc(-c2cnn(CC3CCCCC3)c2)cc1. The summed E-state index contributed by atoms with van der Waals surface area (Å²) in [6.45, 7) is 1.32. The molecule has 0 bridgehead atoms. The van der Waals surface area contributed by atoms with Gasteiger partial charge in [-0.15, -0.1) is 11.8 Å². The molecule has 10 nitrogen and oxygen atoms in total. The standard InChI is InChI=1S/C31H33N5O5S2/c37-31(25-13-11-24(12-14-25)26-20-33-35(22-26)21-23-7-3-1-4-8-23)34-43(40,41)28-15-16-29(30(19-28)36(38)39)32-17-18-42-27-9-5-2-6-10-27/h2,5-6,9-16,19-20,22-23,32H,1,3-4,7-8,17-18,21H2,(H,34,37). The fraction of sp³-hybridized carbons (Fsp3) is 0.290. The fourth-order valence-corrected chi connectivity index (χ4v) is 6.93. The van der Waals surface area contributed by atoms with Gasteiger partial charge in [-0.1, -0.05) is 49.6 Å². The molecule has 2 N–H and O–H groups in total. The van der Waals surface area contributed by atoms with Crippen LogP contribution in [0.1, 0.15) is 42.5 Å². The molecule has 1 saturated carbocycles. The lowest BCUT2D eigenvalue weighted by atomic mass is 9.89. The van der Waals surface area contributed by atoms with Gasteiger partial charge in [-0.25, -0.2) is 13.1 Å². The fourth-order valence-electron chi connectivity index (χ4n) is 5.15. The van der Waals surface area contributed by atoms with Crippen LogP contribution >= 0.6 is 11.8 Å². The molecule has 0 saturated heterocycles. The Morgan fingerprint density at radius 3 is 2.47 bits per heavy atom. The van der Waals surface area contributed by atoms with E-state index in [4.69, 9.17) is 0 Å². The van der Waals surface area contributed by atoms with Gasteiger partial charge in [-0.3, -0.25) is 19.6 Å². The van der Waals surface area contributed by atoms with Gasteiger partial charge in [-0.05, 0) is 60.7 Å². The summed E-state index contributed by atoms with van der Waals surface area (Å²) in [6, 6.07) is 19.8. The van der Waals surface area contributed by atoms with Crippen LogP contribution in [0.3, 0.4) is 0 Å². The number of carbonyl (C=O) groups excluding carboxylic acids is 1. The number of amides is 1. The Morgan fingerprint density at radius 2 is 1.74 bits per heavy atom. The van der Waals surface area contributed by atoms with E-state index in [1.165, 1.54) is 44.2 Å². The number of thioether (sulfide) groups is 1. The van der Waals surface area contributed by atoms with Crippen LogP contribution in [0.15, 0.2) is 95.0 Å². The smallest absolute Gasteiger partial charge is 0.293 e. The van der Waals surface area contributed by atoms with Crippen LogP contribution in [-0.2, 0) is 16.6 Å². The number of sulfonamides is 1. The molecule has 1 aliphatic carbocycles. The van der Waals surface area contributed by atoms with E-state index in [0.29, 0.717) is 18.2 Å². The second-order valence-electron chi connectivity index (χ2n) is 10.5. The van der Waals surface area contributed by atoms with Gasteiger partial charge in [0.25, 0.3) is 21.6 Å². The van der Waals surface area contributed by atoms with Crippen LogP contribution in [0.4, 0.5) is 11.4 Å². The minimum atomic E-state index is -4.36. The van der Waals surface area contributed by atoms with Crippen molar-refractivity contribution in [2.24, 2.45) is 5.92 Å². The zero-order chi connectivity index (χ0) is 30.2. The summed E-state index contributed by atoms with van der Waals surface area (Å²) in [5.41, 5.74) is 1.71. The third kappa shape index (κ3) is 8.02. The Balaban J connectivity index is 1.20. The number of nitro benzene ring substituents is 1. The number of nitrogens with zero attached hydrogens (tertiary/aromatic N) is 3. The van der Waals surface area contributed by atoms with E-state index in [2.05, 4.69) is 10.4 Å². The summed E-state index contributed by atoms with van der Waals surface area (Å²) in [4.78, 5) is 24.6. The molecule has 12 heteroatoms. The zero-order valence-corrected chi connectivity index (χ0v) is 25.1. The van der Waals surface area contributed by atoms with Crippen molar-refractivity contribution >= 4 is 39.1 Å². The lowest BCUT2D eigenvalue weighted by Gasteiger charge is -2.21. The number of carbonyl (C=O) groups is 1. The molecule has 0 unspecified atom stereocenters. The molecule has 4 aromatic rings. The van der Waals surface area contributed by atoms with Crippen LogP contribution in [0.25, 0.3) is 11.1 Å². The number of aromatic nitrogens is 2. The van der Waals surface area contributed by atoms with Crippen LogP contribution < -0.4 is 10.0 Å². The molecular weight excluding hydrogens is 587 g/mol. The highest BCUT2D eigenvalue weighted by Gasteiger charge is 2.24. The van der Waals surface area contributed by atoms with E-state index in [1.807, 2.05) is 45.9 Å². The number of anilines is 1. The average molecular weight is 620 g/mol. The van der Waals surface area contributed by atoms with Crippen molar-refractivity contribution in [3.63, 3.8) is 0 Å². The van der Waals surface area contributed by atoms with Crippen molar-refractivity contribution in [1.82, 2.24) is 14.5 Å². The predicted molar refractivity (Wildman–Crippen MR) is 168 cm³/mol. The molecule has 1 aliphatic rings. The van der Waals surface area contributed by atoms with Crippen molar-refractivity contribution in [2.45, 2.75) is 48.4 Å². The van der Waals surface area contributed by atoms with Gasteiger partial charge in [0.2, 0.25) is 0 Å². The monoisotopic (exact) mass is 619 g/mol. The maximum absolute atomic E-state index is 13.0. The van der Waals surface area contributed by atoms with E-state index in [9.17, 15) is 23.3 Å². The van der Waals surface area contributed by atoms with Gasteiger partial charge in [0.05, 0.1) is 16.0 Å². The molecule has 1 fully saturated rings. The third-order valence-electron chi connectivity index (χ3n) is 7.42. The predicted octanol–water partition coefficient (Wildman–Crippen LogP) is 6.36. The number of rotatable bonds is 12. The highest BCUT2D eigenvalue weighted by molar-refractivity contribution is 7.99. The van der Waals surface area contributed by atoms with Crippen molar-refractivity contribution in [3.8, 4) is 11.1 Å². The summed E-state index contributed by atoms with van der Waals surface area (Å²) in [5.74, 6) is 0.466. The van der Waals surface area contributed by atoms with Crippen molar-refractivity contribution in [3.05, 3.63) is 101 Å². The zero-order valence-electron chi connectivity index (χ0n) is 23.5. The van der Waals surface area contributed by atoms with Crippen molar-refractivity contribution < 1.29 is 18.1 Å². The summed E-state index contributed by atoms with van der Waals surface area (Å²) in [7, 11) is -4.36. The van der Waals surface area contributed by atoms with Crippen molar-refractivity contribution in [2.75, 3.05) is 17.6 Å². The average Bonchev–Trinajstić information content (AvgIpc) is 3.48. The molecule has 1 heterocycles. The van der Waals surface area contributed by atoms with Crippen LogP contribution in [-0.4, -0.2) is 41.3 Å². The Bertz CT molecular complexity index is 1670. The maximum atomic E-state index is 13.0. The number of hydrogen-bond donors (Lipinski definition) is 2. The number of benzene rings is 3. The molecule has 0 atom stereocenters. The highest BCUT2D eigenvalue weighted by Crippen LogP contribution is 2.29. The van der Waals surface area contributed by atoms with E-state index >= 15 is 0 Å². The molecular formula is C31H33N5O5S2. The third-order valence-corrected chi connectivity index (χ3v) is 9.76. The Hall–Kier alpha value is -4.16. The first-order chi connectivity index (χ1) is 20.8. The Labute approximate surface area is 255 Å². The lowest BCUT2D eigenvalue weighted by molar-refractivity contribution is -0.384. The normalized spacial score (nSPS) is 13.9. The minimum absolute atomic E-state index is 0.144. The summed E-state index contributed by atoms with van der Waals surface area (Å²) in [5, 5.41) is 19.2. The summed E-state index contributed by atoms with van der Waals surface area (Å²) >= 11 is 1.59. The summed E-state index contributed by atoms with van der Waals surface area (Å²) < 4.78 is 30.0. The maximum Gasteiger partial charge on any atom is 0.293 e. The topological polar surface area (TPSA) is 136 Å². The van der Waals surface area contributed by atoms with Crippen LogP contribution in [0.5, 0.6) is 0 Å². The Kier molecular flexibility index (Phi) is 9.78. The quantitative estimate of drug-likeness (QED) is 0.0809. The van der Waals surface area contributed by atoms with Gasteiger partial charge in [-0.2, -0.15) is 5.10 Å². The number of nitro groups is 1. The molecule has 1 aromatic heterocycles. The Morgan fingerprint density at radius 1 is 1.00 bits per heavy atom. The first-order valence-corrected chi connectivity index (χ1v) is 16.7. The van der Waals surface area contributed by atoms with Gasteiger partial charge < -0.3 is 5.32 Å². The molecule has 224 valence electrons. The molecule has 1 amide bonds. The molecule has 0 radical (unpaired) electrons. The van der Waals surface area contributed by atoms with Crippen LogP contribution in [0, 0.1) is 16.0 Å². The van der Waals surface area contributed by atoms with E-state index < -0.39 is 26.5 Å². The highest BCUT2D eigenvalue weighted by atomic mass is 32.2. The molecule has 3 aromatic carbocycles. The number of nitrogens with one attached hydrogen (secondary N) is 2. The number of hydrogen-bond acceptors (Lipinski definition) is 8. The van der Waals surface area contributed by atoms with Crippen LogP contribution in [0.2, 0.25) is 0 Å². The van der Waals surface area contributed by atoms with E-state index in [-0.39, 0.29) is 16.1 Å².